The Kier molecular flexibility index (Phi) is 6.41. The maximum atomic E-state index is 2.27. The van der Waals surface area contributed by atoms with E-state index >= 15 is 0 Å². The SMILES string of the molecule is CCCCSSC1CCCCC1. The van der Waals surface area contributed by atoms with Crippen LogP contribution in [0.3, 0.4) is 0 Å². The summed E-state index contributed by atoms with van der Waals surface area (Å²) in [5.74, 6) is 1.36. The molecule has 0 radical (unpaired) electrons. The van der Waals surface area contributed by atoms with Gasteiger partial charge in [0.2, 0.25) is 0 Å². The molecule has 2 heteroatoms. The number of unbranched alkanes of at least 4 members (excludes halogenated alkanes) is 1. The van der Waals surface area contributed by atoms with Crippen LogP contribution in [0.5, 0.6) is 0 Å². The van der Waals surface area contributed by atoms with Gasteiger partial charge in [0.15, 0.2) is 0 Å². The molecule has 1 aliphatic rings. The van der Waals surface area contributed by atoms with Gasteiger partial charge in [-0.2, -0.15) is 0 Å². The molecule has 0 unspecified atom stereocenters. The summed E-state index contributed by atoms with van der Waals surface area (Å²) in [4.78, 5) is 0. The molecule has 1 aliphatic carbocycles. The van der Waals surface area contributed by atoms with Crippen molar-refractivity contribution in [2.75, 3.05) is 5.75 Å². The van der Waals surface area contributed by atoms with E-state index in [9.17, 15) is 0 Å². The highest BCUT2D eigenvalue weighted by Gasteiger charge is 2.13. The third-order valence-electron chi connectivity index (χ3n) is 2.34. The molecule has 1 rings (SSSR count). The van der Waals surface area contributed by atoms with Crippen molar-refractivity contribution in [3.8, 4) is 0 Å². The third kappa shape index (κ3) is 4.66. The summed E-state index contributed by atoms with van der Waals surface area (Å²) in [7, 11) is 4.26. The zero-order valence-corrected chi connectivity index (χ0v) is 9.68. The van der Waals surface area contributed by atoms with Gasteiger partial charge >= 0.3 is 0 Å². The minimum atomic E-state index is 0.987. The first-order valence-electron chi connectivity index (χ1n) is 5.21. The molecule has 0 nitrogen and oxygen atoms in total. The molecular formula is C10H20S2. The zero-order valence-electron chi connectivity index (χ0n) is 8.05. The molecule has 0 amide bonds. The standard InChI is InChI=1S/C10H20S2/c1-2-3-9-11-12-10-7-5-4-6-8-10/h10H,2-9H2,1H3. The second kappa shape index (κ2) is 7.14. The van der Waals surface area contributed by atoms with Crippen molar-refractivity contribution in [1.82, 2.24) is 0 Å². The number of hydrogen-bond acceptors (Lipinski definition) is 2. The van der Waals surface area contributed by atoms with Crippen LogP contribution in [-0.4, -0.2) is 11.0 Å². The molecule has 0 aromatic heterocycles. The summed E-state index contributed by atoms with van der Waals surface area (Å²) in [6, 6.07) is 0. The largest absolute Gasteiger partial charge is 0.0939 e. The van der Waals surface area contributed by atoms with Crippen molar-refractivity contribution in [3.05, 3.63) is 0 Å². The van der Waals surface area contributed by atoms with Gasteiger partial charge in [-0.25, -0.2) is 0 Å². The summed E-state index contributed by atoms with van der Waals surface area (Å²) in [5, 5.41) is 0.987. The van der Waals surface area contributed by atoms with Gasteiger partial charge in [-0.15, -0.1) is 0 Å². The van der Waals surface area contributed by atoms with Crippen LogP contribution in [0.25, 0.3) is 0 Å². The average molecular weight is 204 g/mol. The highest BCUT2D eigenvalue weighted by molar-refractivity contribution is 8.76. The molecule has 0 saturated heterocycles. The Balaban J connectivity index is 1.91. The lowest BCUT2D eigenvalue weighted by Gasteiger charge is -2.19. The molecule has 1 saturated carbocycles. The van der Waals surface area contributed by atoms with E-state index in [1.165, 1.54) is 50.7 Å². The first-order valence-corrected chi connectivity index (χ1v) is 7.60. The molecular weight excluding hydrogens is 184 g/mol. The summed E-state index contributed by atoms with van der Waals surface area (Å²) in [5.41, 5.74) is 0. The monoisotopic (exact) mass is 204 g/mol. The van der Waals surface area contributed by atoms with Crippen molar-refractivity contribution in [2.45, 2.75) is 57.1 Å². The average Bonchev–Trinajstić information content (AvgIpc) is 2.14. The van der Waals surface area contributed by atoms with Gasteiger partial charge in [-0.05, 0) is 19.3 Å². The Morgan fingerprint density at radius 1 is 1.17 bits per heavy atom. The Morgan fingerprint density at radius 3 is 2.58 bits per heavy atom. The minimum Gasteiger partial charge on any atom is -0.0939 e. The minimum absolute atomic E-state index is 0.987. The van der Waals surface area contributed by atoms with Crippen LogP contribution in [0.2, 0.25) is 0 Å². The Bertz CT molecular complexity index is 98.0. The Labute approximate surface area is 84.7 Å². The second-order valence-electron chi connectivity index (χ2n) is 3.53. The molecule has 0 aliphatic heterocycles. The van der Waals surface area contributed by atoms with Gasteiger partial charge in [0, 0.05) is 11.0 Å². The topological polar surface area (TPSA) is 0 Å². The summed E-state index contributed by atoms with van der Waals surface area (Å²) in [6.07, 6.45) is 10.1. The Hall–Kier alpha value is 0.700. The van der Waals surface area contributed by atoms with E-state index in [1.807, 2.05) is 0 Å². The van der Waals surface area contributed by atoms with E-state index in [0.29, 0.717) is 0 Å². The van der Waals surface area contributed by atoms with Gasteiger partial charge in [0.05, 0.1) is 0 Å². The van der Waals surface area contributed by atoms with Crippen molar-refractivity contribution < 1.29 is 0 Å². The first kappa shape index (κ1) is 10.8. The molecule has 0 spiro atoms. The van der Waals surface area contributed by atoms with Crippen molar-refractivity contribution in [1.29, 1.82) is 0 Å². The molecule has 72 valence electrons. The lowest BCUT2D eigenvalue weighted by atomic mass is 10.0. The Morgan fingerprint density at radius 2 is 1.92 bits per heavy atom. The quantitative estimate of drug-likeness (QED) is 0.478. The highest BCUT2D eigenvalue weighted by atomic mass is 33.1. The van der Waals surface area contributed by atoms with Crippen LogP contribution >= 0.6 is 21.6 Å². The molecule has 0 heterocycles. The summed E-state index contributed by atoms with van der Waals surface area (Å²) >= 11 is 0. The molecule has 0 atom stereocenters. The lowest BCUT2D eigenvalue weighted by Crippen LogP contribution is -2.06. The van der Waals surface area contributed by atoms with Crippen LogP contribution in [0.1, 0.15) is 51.9 Å². The van der Waals surface area contributed by atoms with Crippen molar-refractivity contribution in [2.24, 2.45) is 0 Å². The van der Waals surface area contributed by atoms with Gasteiger partial charge in [-0.3, -0.25) is 0 Å². The van der Waals surface area contributed by atoms with Crippen LogP contribution in [0.15, 0.2) is 0 Å². The summed E-state index contributed by atoms with van der Waals surface area (Å²) < 4.78 is 0. The third-order valence-corrected chi connectivity index (χ3v) is 5.40. The molecule has 12 heavy (non-hydrogen) atoms. The van der Waals surface area contributed by atoms with Crippen LogP contribution in [0.4, 0.5) is 0 Å². The fraction of sp³-hybridized carbons (Fsp3) is 1.00. The van der Waals surface area contributed by atoms with Crippen LogP contribution in [-0.2, 0) is 0 Å². The van der Waals surface area contributed by atoms with E-state index in [4.69, 9.17) is 0 Å². The maximum Gasteiger partial charge on any atom is 0.0151 e. The molecule has 0 bridgehead atoms. The van der Waals surface area contributed by atoms with E-state index in [2.05, 4.69) is 28.5 Å². The van der Waals surface area contributed by atoms with E-state index in [0.717, 1.165) is 5.25 Å². The van der Waals surface area contributed by atoms with E-state index < -0.39 is 0 Å². The number of rotatable bonds is 5. The second-order valence-corrected chi connectivity index (χ2v) is 6.32. The molecule has 0 N–H and O–H groups in total. The first-order chi connectivity index (χ1) is 5.93. The maximum absolute atomic E-state index is 2.27. The van der Waals surface area contributed by atoms with Gasteiger partial charge < -0.3 is 0 Å². The lowest BCUT2D eigenvalue weighted by molar-refractivity contribution is 0.517. The zero-order chi connectivity index (χ0) is 8.65. The molecule has 0 aromatic rings. The van der Waals surface area contributed by atoms with Crippen molar-refractivity contribution in [3.63, 3.8) is 0 Å². The highest BCUT2D eigenvalue weighted by Crippen LogP contribution is 2.36. The fourth-order valence-corrected chi connectivity index (χ4v) is 4.53. The number of hydrogen-bond donors (Lipinski definition) is 0. The molecule has 1 fully saturated rings. The summed E-state index contributed by atoms with van der Waals surface area (Å²) in [6.45, 7) is 2.27. The van der Waals surface area contributed by atoms with E-state index in [1.54, 1.807) is 0 Å². The molecule has 0 aromatic carbocycles. The smallest absolute Gasteiger partial charge is 0.0151 e. The van der Waals surface area contributed by atoms with E-state index in [-0.39, 0.29) is 0 Å². The van der Waals surface area contributed by atoms with Gasteiger partial charge in [0.25, 0.3) is 0 Å². The van der Waals surface area contributed by atoms with Crippen molar-refractivity contribution >= 4 is 21.6 Å². The predicted molar refractivity (Wildman–Crippen MR) is 61.8 cm³/mol. The van der Waals surface area contributed by atoms with Gasteiger partial charge in [0.1, 0.15) is 0 Å². The van der Waals surface area contributed by atoms with Gasteiger partial charge in [-0.1, -0.05) is 54.2 Å². The predicted octanol–water partition coefficient (Wildman–Crippen LogP) is 4.50. The van der Waals surface area contributed by atoms with Crippen LogP contribution < -0.4 is 0 Å². The normalized spacial score (nSPS) is 19.8. The van der Waals surface area contributed by atoms with Crippen LogP contribution in [0, 0.1) is 0 Å². The fourth-order valence-electron chi connectivity index (χ4n) is 1.51.